The quantitative estimate of drug-likeness (QED) is 0.876. The summed E-state index contributed by atoms with van der Waals surface area (Å²) in [6.07, 6.45) is -0.607. The molecule has 2 rings (SSSR count). The lowest BCUT2D eigenvalue weighted by Gasteiger charge is -2.11. The van der Waals surface area contributed by atoms with Crippen molar-refractivity contribution < 1.29 is 19.4 Å². The number of anilines is 1. The molecule has 0 atom stereocenters. The molecule has 0 fully saturated rings. The third kappa shape index (κ3) is 4.13. The van der Waals surface area contributed by atoms with Crippen LogP contribution >= 0.6 is 15.9 Å². The number of carbonyl (C=O) groups excluding carboxylic acids is 1. The number of methoxy groups -OCH3 is 1. The van der Waals surface area contributed by atoms with Crippen LogP contribution in [-0.4, -0.2) is 18.3 Å². The number of hydrogen-bond acceptors (Lipinski definition) is 4. The van der Waals surface area contributed by atoms with Crippen molar-refractivity contribution in [3.8, 4) is 11.5 Å². The number of carbonyl (C=O) groups is 1. The zero-order valence-corrected chi connectivity index (χ0v) is 12.9. The average molecular weight is 352 g/mol. The number of phenols is 1. The van der Waals surface area contributed by atoms with Gasteiger partial charge in [-0.25, -0.2) is 4.79 Å². The van der Waals surface area contributed by atoms with Crippen molar-refractivity contribution >= 4 is 27.7 Å². The highest BCUT2D eigenvalue weighted by Crippen LogP contribution is 2.35. The molecule has 0 aliphatic carbocycles. The Morgan fingerprint density at radius 1 is 1.29 bits per heavy atom. The van der Waals surface area contributed by atoms with Gasteiger partial charge in [0, 0.05) is 16.6 Å². The van der Waals surface area contributed by atoms with Crippen molar-refractivity contribution in [3.05, 3.63) is 52.5 Å². The highest BCUT2D eigenvalue weighted by molar-refractivity contribution is 9.10. The minimum atomic E-state index is -0.607. The largest absolute Gasteiger partial charge is 0.504 e. The number of ether oxygens (including phenoxy) is 2. The molecule has 0 radical (unpaired) electrons. The molecule has 0 aliphatic heterocycles. The van der Waals surface area contributed by atoms with Crippen LogP contribution in [0.2, 0.25) is 0 Å². The van der Waals surface area contributed by atoms with E-state index in [-0.39, 0.29) is 12.4 Å². The Morgan fingerprint density at radius 2 is 2.00 bits per heavy atom. The van der Waals surface area contributed by atoms with E-state index < -0.39 is 6.09 Å². The van der Waals surface area contributed by atoms with Crippen LogP contribution in [-0.2, 0) is 11.3 Å². The molecule has 0 aromatic heterocycles. The van der Waals surface area contributed by atoms with Crippen molar-refractivity contribution in [3.63, 3.8) is 0 Å². The first kappa shape index (κ1) is 15.2. The van der Waals surface area contributed by atoms with Crippen molar-refractivity contribution in [1.82, 2.24) is 0 Å². The molecule has 0 saturated carbocycles. The van der Waals surface area contributed by atoms with E-state index in [1.54, 1.807) is 6.07 Å². The Kier molecular flexibility index (Phi) is 5.05. The summed E-state index contributed by atoms with van der Waals surface area (Å²) in [5.74, 6) is 0.240. The molecule has 2 aromatic rings. The normalized spacial score (nSPS) is 10.0. The Hall–Kier alpha value is -2.21. The number of halogens is 1. The van der Waals surface area contributed by atoms with Gasteiger partial charge in [-0.2, -0.15) is 0 Å². The molecule has 0 saturated heterocycles. The molecule has 0 heterocycles. The molecule has 21 heavy (non-hydrogen) atoms. The third-order valence-corrected chi connectivity index (χ3v) is 3.37. The summed E-state index contributed by atoms with van der Waals surface area (Å²) in [7, 11) is 1.45. The van der Waals surface area contributed by atoms with Crippen LogP contribution in [0.5, 0.6) is 11.5 Å². The topological polar surface area (TPSA) is 67.8 Å². The Balaban J connectivity index is 1.98. The predicted molar refractivity (Wildman–Crippen MR) is 82.6 cm³/mol. The fraction of sp³-hybridized carbons (Fsp3) is 0.133. The van der Waals surface area contributed by atoms with Crippen LogP contribution in [0.15, 0.2) is 46.9 Å². The van der Waals surface area contributed by atoms with Gasteiger partial charge < -0.3 is 14.6 Å². The zero-order valence-electron chi connectivity index (χ0n) is 11.3. The van der Waals surface area contributed by atoms with Crippen molar-refractivity contribution in [2.45, 2.75) is 6.61 Å². The van der Waals surface area contributed by atoms with Gasteiger partial charge in [0.05, 0.1) is 12.8 Å². The van der Waals surface area contributed by atoms with Gasteiger partial charge in [0.15, 0.2) is 11.5 Å². The molecular formula is C15H14BrNO4. The second-order valence-electron chi connectivity index (χ2n) is 4.19. The lowest BCUT2D eigenvalue weighted by Crippen LogP contribution is -2.13. The van der Waals surface area contributed by atoms with Crippen molar-refractivity contribution in [1.29, 1.82) is 0 Å². The number of phenolic OH excluding ortho intramolecular Hbond substituents is 1. The van der Waals surface area contributed by atoms with Crippen LogP contribution in [0.3, 0.4) is 0 Å². The average Bonchev–Trinajstić information content (AvgIpc) is 2.49. The Bertz CT molecular complexity index is 631. The molecule has 110 valence electrons. The molecule has 2 aromatic carbocycles. The first-order chi connectivity index (χ1) is 10.1. The SMILES string of the molecule is COc1cc(Br)c(NC(=O)OCc2ccccc2)cc1O. The monoisotopic (exact) mass is 351 g/mol. The highest BCUT2D eigenvalue weighted by Gasteiger charge is 2.11. The van der Waals surface area contributed by atoms with Gasteiger partial charge in [-0.3, -0.25) is 5.32 Å². The van der Waals surface area contributed by atoms with E-state index in [0.29, 0.717) is 15.9 Å². The van der Waals surface area contributed by atoms with Crippen molar-refractivity contribution in [2.24, 2.45) is 0 Å². The van der Waals surface area contributed by atoms with Crippen LogP contribution in [0.25, 0.3) is 0 Å². The highest BCUT2D eigenvalue weighted by atomic mass is 79.9. The number of benzene rings is 2. The second-order valence-corrected chi connectivity index (χ2v) is 5.04. The summed E-state index contributed by atoms with van der Waals surface area (Å²) >= 11 is 3.29. The molecule has 0 aliphatic rings. The van der Waals surface area contributed by atoms with E-state index in [0.717, 1.165) is 5.56 Å². The number of aromatic hydroxyl groups is 1. The van der Waals surface area contributed by atoms with E-state index in [1.807, 2.05) is 30.3 Å². The van der Waals surface area contributed by atoms with Crippen LogP contribution in [0, 0.1) is 0 Å². The molecule has 6 heteroatoms. The van der Waals surface area contributed by atoms with Crippen molar-refractivity contribution in [2.75, 3.05) is 12.4 Å². The molecule has 2 N–H and O–H groups in total. The maximum Gasteiger partial charge on any atom is 0.411 e. The number of rotatable bonds is 4. The van der Waals surface area contributed by atoms with E-state index >= 15 is 0 Å². The van der Waals surface area contributed by atoms with Crippen LogP contribution < -0.4 is 10.1 Å². The molecule has 1 amide bonds. The summed E-state index contributed by atoms with van der Waals surface area (Å²) in [5.41, 5.74) is 1.29. The molecule has 5 nitrogen and oxygen atoms in total. The lowest BCUT2D eigenvalue weighted by molar-refractivity contribution is 0.155. The van der Waals surface area contributed by atoms with Gasteiger partial charge >= 0.3 is 6.09 Å². The molecular weight excluding hydrogens is 338 g/mol. The molecule has 0 spiro atoms. The Labute approximate surface area is 130 Å². The first-order valence-corrected chi connectivity index (χ1v) is 6.93. The van der Waals surface area contributed by atoms with Gasteiger partial charge in [-0.15, -0.1) is 0 Å². The maximum absolute atomic E-state index is 11.7. The van der Waals surface area contributed by atoms with Gasteiger partial charge in [-0.1, -0.05) is 30.3 Å². The number of amides is 1. The van der Waals surface area contributed by atoms with Gasteiger partial charge in [0.2, 0.25) is 0 Å². The summed E-state index contributed by atoms with van der Waals surface area (Å²) in [5, 5.41) is 12.2. The standard InChI is InChI=1S/C15H14BrNO4/c1-20-14-7-11(16)12(8-13(14)18)17-15(19)21-9-10-5-3-2-4-6-10/h2-8,18H,9H2,1H3,(H,17,19). The molecule has 0 unspecified atom stereocenters. The summed E-state index contributed by atoms with van der Waals surface area (Å²) in [6.45, 7) is 0.173. The summed E-state index contributed by atoms with van der Waals surface area (Å²) < 4.78 is 10.6. The first-order valence-electron chi connectivity index (χ1n) is 6.14. The van der Waals surface area contributed by atoms with Crippen LogP contribution in [0.1, 0.15) is 5.56 Å². The second kappa shape index (κ2) is 6.99. The molecule has 0 bridgehead atoms. The van der Waals surface area contributed by atoms with E-state index in [1.165, 1.54) is 13.2 Å². The van der Waals surface area contributed by atoms with E-state index in [2.05, 4.69) is 21.2 Å². The van der Waals surface area contributed by atoms with Gasteiger partial charge in [0.1, 0.15) is 6.61 Å². The predicted octanol–water partition coefficient (Wildman–Crippen LogP) is 3.91. The Morgan fingerprint density at radius 3 is 2.67 bits per heavy atom. The summed E-state index contributed by atoms with van der Waals surface area (Å²) in [4.78, 5) is 11.7. The fourth-order valence-electron chi connectivity index (χ4n) is 1.67. The minimum Gasteiger partial charge on any atom is -0.504 e. The van der Waals surface area contributed by atoms with E-state index in [4.69, 9.17) is 9.47 Å². The fourth-order valence-corrected chi connectivity index (χ4v) is 2.09. The van der Waals surface area contributed by atoms with E-state index in [9.17, 15) is 9.90 Å². The lowest BCUT2D eigenvalue weighted by atomic mass is 10.2. The van der Waals surface area contributed by atoms with Crippen LogP contribution in [0.4, 0.5) is 10.5 Å². The minimum absolute atomic E-state index is 0.0703. The number of hydrogen-bond donors (Lipinski definition) is 2. The summed E-state index contributed by atoms with van der Waals surface area (Å²) in [6, 6.07) is 12.3. The number of nitrogens with one attached hydrogen (secondary N) is 1. The third-order valence-electron chi connectivity index (χ3n) is 2.72. The maximum atomic E-state index is 11.7. The van der Waals surface area contributed by atoms with Gasteiger partial charge in [0.25, 0.3) is 0 Å². The zero-order chi connectivity index (χ0) is 15.2. The van der Waals surface area contributed by atoms with Gasteiger partial charge in [-0.05, 0) is 21.5 Å². The smallest absolute Gasteiger partial charge is 0.411 e.